The Hall–Kier alpha value is -0.970. The van der Waals surface area contributed by atoms with Gasteiger partial charge in [0.2, 0.25) is 0 Å². The average Bonchev–Trinajstić information content (AvgIpc) is 2.89. The van der Waals surface area contributed by atoms with Gasteiger partial charge in [-0.3, -0.25) is 0 Å². The average molecular weight is 301 g/mol. The highest BCUT2D eigenvalue weighted by Gasteiger charge is 2.26. The predicted octanol–water partition coefficient (Wildman–Crippen LogP) is 3.22. The number of hydrogen-bond donors (Lipinski definition) is 0. The number of halogens is 1. The molecule has 0 bridgehead atoms. The van der Waals surface area contributed by atoms with E-state index >= 15 is 0 Å². The van der Waals surface area contributed by atoms with E-state index in [1.165, 1.54) is 0 Å². The van der Waals surface area contributed by atoms with Crippen molar-refractivity contribution in [2.24, 2.45) is 0 Å². The summed E-state index contributed by atoms with van der Waals surface area (Å²) in [5.74, 6) is 1.68. The van der Waals surface area contributed by atoms with Crippen molar-refractivity contribution in [2.45, 2.75) is 30.9 Å². The molecule has 0 aromatic heterocycles. The smallest absolute Gasteiger partial charge is 0.173 e. The lowest BCUT2D eigenvalue weighted by atomic mass is 10.3. The zero-order valence-electron chi connectivity index (χ0n) is 11.7. The lowest BCUT2D eigenvalue weighted by Crippen LogP contribution is -2.20. The van der Waals surface area contributed by atoms with Crippen molar-refractivity contribution < 1.29 is 18.9 Å². The van der Waals surface area contributed by atoms with Crippen LogP contribution in [-0.4, -0.2) is 38.6 Å². The second-order valence-electron chi connectivity index (χ2n) is 4.65. The maximum absolute atomic E-state index is 6.04. The van der Waals surface area contributed by atoms with Gasteiger partial charge in [-0.25, -0.2) is 0 Å². The van der Waals surface area contributed by atoms with Crippen molar-refractivity contribution in [3.8, 4) is 11.5 Å². The van der Waals surface area contributed by atoms with Crippen LogP contribution in [0.1, 0.15) is 19.3 Å². The van der Waals surface area contributed by atoms with E-state index in [-0.39, 0.29) is 11.7 Å². The minimum atomic E-state index is -0.237. The molecular formula is C15H21ClO4. The fraction of sp³-hybridized carbons (Fsp3) is 0.600. The van der Waals surface area contributed by atoms with E-state index in [1.54, 1.807) is 7.11 Å². The van der Waals surface area contributed by atoms with Crippen LogP contribution >= 0.6 is 11.6 Å². The lowest BCUT2D eigenvalue weighted by Gasteiger charge is -2.14. The summed E-state index contributed by atoms with van der Waals surface area (Å²) in [4.78, 5) is 0. The molecule has 2 atom stereocenters. The molecule has 0 amide bonds. The van der Waals surface area contributed by atoms with Crippen LogP contribution in [0.15, 0.2) is 24.3 Å². The molecule has 1 aliphatic rings. The molecule has 1 fully saturated rings. The molecule has 0 saturated carbocycles. The van der Waals surface area contributed by atoms with E-state index in [4.69, 9.17) is 30.5 Å². The highest BCUT2D eigenvalue weighted by molar-refractivity contribution is 6.21. The van der Waals surface area contributed by atoms with E-state index in [0.29, 0.717) is 19.8 Å². The Morgan fingerprint density at radius 1 is 1.15 bits per heavy atom. The van der Waals surface area contributed by atoms with Gasteiger partial charge in [0.05, 0.1) is 25.7 Å². The van der Waals surface area contributed by atoms with Crippen LogP contribution in [-0.2, 0) is 9.47 Å². The summed E-state index contributed by atoms with van der Waals surface area (Å²) >= 11 is 6.04. The van der Waals surface area contributed by atoms with Gasteiger partial charge in [-0.2, -0.15) is 0 Å². The summed E-state index contributed by atoms with van der Waals surface area (Å²) in [6, 6.07) is 7.58. The standard InChI is InChI=1S/C15H21ClO4/c1-17-12-4-6-13(7-5-12)18-9-2-3-10-19-15-14(16)8-11-20-15/h4-7,14-15H,2-3,8-11H2,1H3. The monoisotopic (exact) mass is 300 g/mol. The van der Waals surface area contributed by atoms with E-state index in [1.807, 2.05) is 24.3 Å². The number of ether oxygens (including phenoxy) is 4. The largest absolute Gasteiger partial charge is 0.497 e. The molecule has 20 heavy (non-hydrogen) atoms. The third kappa shape index (κ3) is 4.85. The highest BCUT2D eigenvalue weighted by Crippen LogP contribution is 2.20. The van der Waals surface area contributed by atoms with E-state index in [9.17, 15) is 0 Å². The molecule has 112 valence electrons. The second-order valence-corrected chi connectivity index (χ2v) is 5.21. The Morgan fingerprint density at radius 2 is 1.85 bits per heavy atom. The van der Waals surface area contributed by atoms with Crippen molar-refractivity contribution in [1.29, 1.82) is 0 Å². The summed E-state index contributed by atoms with van der Waals surface area (Å²) in [5.41, 5.74) is 0. The fourth-order valence-electron chi connectivity index (χ4n) is 1.96. The van der Waals surface area contributed by atoms with E-state index in [0.717, 1.165) is 30.8 Å². The normalized spacial score (nSPS) is 21.9. The molecular weight excluding hydrogens is 280 g/mol. The molecule has 0 aliphatic carbocycles. The van der Waals surface area contributed by atoms with Gasteiger partial charge < -0.3 is 18.9 Å². The van der Waals surface area contributed by atoms with Crippen LogP contribution in [0.4, 0.5) is 0 Å². The number of methoxy groups -OCH3 is 1. The molecule has 0 N–H and O–H groups in total. The van der Waals surface area contributed by atoms with E-state index < -0.39 is 0 Å². The topological polar surface area (TPSA) is 36.9 Å². The van der Waals surface area contributed by atoms with Crippen molar-refractivity contribution >= 4 is 11.6 Å². The first-order valence-corrected chi connectivity index (χ1v) is 7.37. The summed E-state index contributed by atoms with van der Waals surface area (Å²) in [6.07, 6.45) is 2.50. The summed E-state index contributed by atoms with van der Waals surface area (Å²) < 4.78 is 21.7. The molecule has 5 heteroatoms. The number of rotatable bonds is 8. The first-order chi connectivity index (χ1) is 9.79. The van der Waals surface area contributed by atoms with Crippen LogP contribution in [0.3, 0.4) is 0 Å². The van der Waals surface area contributed by atoms with Crippen LogP contribution in [0.5, 0.6) is 11.5 Å². The van der Waals surface area contributed by atoms with Crippen molar-refractivity contribution in [1.82, 2.24) is 0 Å². The van der Waals surface area contributed by atoms with Gasteiger partial charge in [0.15, 0.2) is 6.29 Å². The van der Waals surface area contributed by atoms with Crippen LogP contribution in [0.2, 0.25) is 0 Å². The minimum absolute atomic E-state index is 0.00875. The Kier molecular flexibility index (Phi) is 6.43. The number of alkyl halides is 1. The Labute approximate surface area is 124 Å². The minimum Gasteiger partial charge on any atom is -0.497 e. The first kappa shape index (κ1) is 15.4. The SMILES string of the molecule is COc1ccc(OCCCCOC2OCCC2Cl)cc1. The van der Waals surface area contributed by atoms with Crippen molar-refractivity contribution in [3.05, 3.63) is 24.3 Å². The molecule has 4 nitrogen and oxygen atoms in total. The Morgan fingerprint density at radius 3 is 2.50 bits per heavy atom. The van der Waals surface area contributed by atoms with Crippen molar-refractivity contribution in [3.63, 3.8) is 0 Å². The number of benzene rings is 1. The zero-order valence-corrected chi connectivity index (χ0v) is 12.5. The third-order valence-corrected chi connectivity index (χ3v) is 3.54. The van der Waals surface area contributed by atoms with Gasteiger partial charge in [-0.15, -0.1) is 11.6 Å². The van der Waals surface area contributed by atoms with Gasteiger partial charge in [0.25, 0.3) is 0 Å². The van der Waals surface area contributed by atoms with Gasteiger partial charge in [-0.05, 0) is 43.5 Å². The molecule has 1 aromatic rings. The molecule has 0 spiro atoms. The van der Waals surface area contributed by atoms with Crippen LogP contribution in [0, 0.1) is 0 Å². The molecule has 1 saturated heterocycles. The molecule has 2 rings (SSSR count). The third-order valence-electron chi connectivity index (χ3n) is 3.12. The maximum atomic E-state index is 6.04. The molecule has 1 aliphatic heterocycles. The van der Waals surface area contributed by atoms with Crippen molar-refractivity contribution in [2.75, 3.05) is 26.9 Å². The molecule has 0 radical (unpaired) electrons. The summed E-state index contributed by atoms with van der Waals surface area (Å²) in [7, 11) is 1.65. The van der Waals surface area contributed by atoms with Crippen LogP contribution in [0.25, 0.3) is 0 Å². The molecule has 1 aromatic carbocycles. The Bertz CT molecular complexity index is 382. The summed E-state index contributed by atoms with van der Waals surface area (Å²) in [6.45, 7) is 2.02. The number of hydrogen-bond acceptors (Lipinski definition) is 4. The lowest BCUT2D eigenvalue weighted by molar-refractivity contribution is -0.110. The quantitative estimate of drug-likeness (QED) is 0.545. The van der Waals surface area contributed by atoms with Gasteiger partial charge >= 0.3 is 0 Å². The summed E-state index contributed by atoms with van der Waals surface area (Å²) in [5, 5.41) is -0.00875. The van der Waals surface area contributed by atoms with Crippen LogP contribution < -0.4 is 9.47 Å². The maximum Gasteiger partial charge on any atom is 0.173 e. The Balaban J connectivity index is 1.52. The predicted molar refractivity (Wildman–Crippen MR) is 77.7 cm³/mol. The zero-order chi connectivity index (χ0) is 14.2. The highest BCUT2D eigenvalue weighted by atomic mass is 35.5. The van der Waals surface area contributed by atoms with E-state index in [2.05, 4.69) is 0 Å². The van der Waals surface area contributed by atoms with Gasteiger partial charge in [0.1, 0.15) is 11.5 Å². The fourth-order valence-corrected chi connectivity index (χ4v) is 2.19. The van der Waals surface area contributed by atoms with Gasteiger partial charge in [0, 0.05) is 6.61 Å². The molecule has 1 heterocycles. The van der Waals surface area contributed by atoms with Gasteiger partial charge in [-0.1, -0.05) is 0 Å². The molecule has 2 unspecified atom stereocenters. The number of unbranched alkanes of at least 4 members (excludes halogenated alkanes) is 1. The second kappa shape index (κ2) is 8.35. The first-order valence-electron chi connectivity index (χ1n) is 6.94.